The van der Waals surface area contributed by atoms with Gasteiger partial charge in [0.1, 0.15) is 0 Å². The lowest BCUT2D eigenvalue weighted by Gasteiger charge is -2.58. The molecule has 2 spiro atoms. The van der Waals surface area contributed by atoms with E-state index >= 15 is 4.79 Å². The van der Waals surface area contributed by atoms with Crippen molar-refractivity contribution in [3.63, 3.8) is 0 Å². The number of aliphatic hydroxyl groups excluding tert-OH is 3. The van der Waals surface area contributed by atoms with Crippen molar-refractivity contribution >= 4 is 76.5 Å². The SMILES string of the molecule is C[C@]12CCSSC[C@]34C[C@H](CSSCc5ccc(CO)c(c5)C[C@@H]3CN=C(N)N4)[C@H]3CSSC[C@@H](CCO)[C@@H]4[C@@H](CO)C[C@@H]1CC1=C3C(=O)C[C@@]142. The van der Waals surface area contributed by atoms with Crippen LogP contribution in [-0.2, 0) is 23.6 Å². The van der Waals surface area contributed by atoms with Crippen LogP contribution in [0.5, 0.6) is 0 Å². The number of benzene rings is 1. The molecular weight excluding hydrogens is 755 g/mol. The third-order valence-corrected chi connectivity index (χ3v) is 21.8. The third-order valence-electron chi connectivity index (χ3n) is 14.3. The number of carbonyl (C=O) groups excluding carboxylic acids is 1. The Bertz CT molecular complexity index is 1560. The molecule has 3 aliphatic carbocycles. The van der Waals surface area contributed by atoms with Crippen LogP contribution in [-0.4, -0.2) is 81.1 Å². The van der Waals surface area contributed by atoms with Gasteiger partial charge in [-0.25, -0.2) is 0 Å². The van der Waals surface area contributed by atoms with E-state index in [0.717, 1.165) is 84.2 Å². The fraction of sp³-hybridized carbons (Fsp3) is 0.737. The van der Waals surface area contributed by atoms with Gasteiger partial charge in [0.15, 0.2) is 11.7 Å². The molecule has 6 N–H and O–H groups in total. The van der Waals surface area contributed by atoms with E-state index in [4.69, 9.17) is 10.7 Å². The predicted molar refractivity (Wildman–Crippen MR) is 221 cm³/mol. The fourth-order valence-electron chi connectivity index (χ4n) is 11.9. The Hall–Kier alpha value is -0.120. The summed E-state index contributed by atoms with van der Waals surface area (Å²) in [5.74, 6) is 8.21. The smallest absolute Gasteiger partial charge is 0.189 e. The van der Waals surface area contributed by atoms with Gasteiger partial charge in [-0.1, -0.05) is 95.5 Å². The average molecular weight is 808 g/mol. The fourth-order valence-corrected chi connectivity index (χ4v) is 20.1. The second-order valence-electron chi connectivity index (χ2n) is 16.4. The van der Waals surface area contributed by atoms with Crippen LogP contribution in [0.4, 0.5) is 0 Å². The van der Waals surface area contributed by atoms with Gasteiger partial charge in [0.2, 0.25) is 0 Å². The van der Waals surface area contributed by atoms with Crippen LogP contribution < -0.4 is 11.1 Å². The molecule has 0 aromatic heterocycles. The van der Waals surface area contributed by atoms with E-state index < -0.39 is 0 Å². The van der Waals surface area contributed by atoms with Crippen molar-refractivity contribution in [2.24, 2.45) is 63.0 Å². The van der Waals surface area contributed by atoms with E-state index in [9.17, 15) is 15.3 Å². The van der Waals surface area contributed by atoms with Crippen molar-refractivity contribution in [2.75, 3.05) is 48.5 Å². The Labute approximate surface area is 327 Å². The number of hydrogen-bond acceptors (Lipinski definition) is 13. The maximum Gasteiger partial charge on any atom is 0.189 e. The topological polar surface area (TPSA) is 128 Å². The molecule has 51 heavy (non-hydrogen) atoms. The summed E-state index contributed by atoms with van der Waals surface area (Å²) in [7, 11) is 11.7. The molecule has 2 fully saturated rings. The summed E-state index contributed by atoms with van der Waals surface area (Å²) in [6.45, 7) is 3.51. The van der Waals surface area contributed by atoms with Crippen LogP contribution in [0.3, 0.4) is 0 Å². The Kier molecular flexibility index (Phi) is 11.4. The Morgan fingerprint density at radius 2 is 1.84 bits per heavy atom. The summed E-state index contributed by atoms with van der Waals surface area (Å²) < 4.78 is 0. The molecular formula is C38H53N3O4S6. The minimum absolute atomic E-state index is 0.0169. The average Bonchev–Trinajstić information content (AvgIpc) is 3.44. The van der Waals surface area contributed by atoms with Crippen LogP contribution in [0.1, 0.15) is 62.1 Å². The highest BCUT2D eigenvalue weighted by atomic mass is 33.1. The number of nitrogens with one attached hydrogen (secondary N) is 1. The molecule has 8 rings (SSSR count). The molecule has 0 radical (unpaired) electrons. The molecule has 0 unspecified atom stereocenters. The molecule has 1 aromatic carbocycles. The maximum atomic E-state index is 15.0. The number of aliphatic hydroxyl groups is 3. The van der Waals surface area contributed by atoms with E-state index in [1.54, 1.807) is 0 Å². The van der Waals surface area contributed by atoms with Gasteiger partial charge in [0.25, 0.3) is 0 Å². The van der Waals surface area contributed by atoms with Gasteiger partial charge in [-0.05, 0) is 95.8 Å². The lowest BCUT2D eigenvalue weighted by molar-refractivity contribution is -0.129. The number of ketones is 1. The van der Waals surface area contributed by atoms with Gasteiger partial charge < -0.3 is 26.4 Å². The molecule has 10 atom stereocenters. The van der Waals surface area contributed by atoms with Crippen molar-refractivity contribution in [1.29, 1.82) is 0 Å². The minimum atomic E-state index is -0.317. The Morgan fingerprint density at radius 1 is 1.00 bits per heavy atom. The van der Waals surface area contributed by atoms with Crippen LogP contribution >= 0.6 is 64.8 Å². The van der Waals surface area contributed by atoms with E-state index in [1.807, 2.05) is 64.8 Å². The first kappa shape index (κ1) is 37.8. The summed E-state index contributed by atoms with van der Waals surface area (Å²) in [4.78, 5) is 19.8. The zero-order valence-electron chi connectivity index (χ0n) is 29.5. The van der Waals surface area contributed by atoms with Crippen molar-refractivity contribution in [3.05, 3.63) is 46.0 Å². The van der Waals surface area contributed by atoms with Gasteiger partial charge in [-0.2, -0.15) is 0 Å². The first-order valence-corrected chi connectivity index (χ1v) is 26.2. The quantitative estimate of drug-likeness (QED) is 0.211. The van der Waals surface area contributed by atoms with Crippen molar-refractivity contribution < 1.29 is 20.1 Å². The van der Waals surface area contributed by atoms with Gasteiger partial charge >= 0.3 is 0 Å². The molecule has 2 saturated carbocycles. The van der Waals surface area contributed by atoms with Crippen molar-refractivity contribution in [1.82, 2.24) is 5.32 Å². The zero-order chi connectivity index (χ0) is 35.4. The molecule has 7 aliphatic rings. The van der Waals surface area contributed by atoms with Gasteiger partial charge in [0.05, 0.1) is 12.1 Å². The molecule has 10 bridgehead atoms. The highest BCUT2D eigenvalue weighted by Crippen LogP contribution is 2.77. The third kappa shape index (κ3) is 6.48. The van der Waals surface area contributed by atoms with E-state index in [-0.39, 0.29) is 71.7 Å². The first-order valence-electron chi connectivity index (χ1n) is 18.8. The second kappa shape index (κ2) is 15.4. The molecule has 4 aliphatic heterocycles. The summed E-state index contributed by atoms with van der Waals surface area (Å²) in [5.41, 5.74) is 12.2. The Balaban J connectivity index is 1.30. The lowest BCUT2D eigenvalue weighted by Crippen LogP contribution is -2.63. The minimum Gasteiger partial charge on any atom is -0.396 e. The van der Waals surface area contributed by atoms with Crippen LogP contribution in [0, 0.1) is 52.3 Å². The van der Waals surface area contributed by atoms with E-state index in [1.165, 1.54) is 16.7 Å². The molecule has 4 heterocycles. The normalized spacial score (nSPS) is 41.3. The first-order chi connectivity index (χ1) is 24.8. The summed E-state index contributed by atoms with van der Waals surface area (Å²) >= 11 is 0. The molecule has 280 valence electrons. The Morgan fingerprint density at radius 3 is 2.67 bits per heavy atom. The summed E-state index contributed by atoms with van der Waals surface area (Å²) in [6.07, 6.45) is 6.11. The standard InChI is InChI=1S/C38H53N3O4S6/c1-36-5-7-46-51-21-37-12-27(19-49-47-17-22-2-3-23(15-43)25(8-22)9-29(37)14-40-35(39)41-37)30-20-50-48-18-24(4-6-42)34-26(16-44)10-28(36)11-31-33(30)32(45)13-38(31,34)36/h2-3,8,24,26-30,34,42-44H,4-7,9-21H2,1H3,(H3,39,40,41)/t24-,26-,27-,28-,29-,30-,34-,36+,37-,38-/m1/s1. The molecule has 0 saturated heterocycles. The molecule has 0 amide bonds. The van der Waals surface area contributed by atoms with E-state index in [0.29, 0.717) is 30.6 Å². The largest absolute Gasteiger partial charge is 0.396 e. The number of allylic oxidation sites excluding steroid dienone is 2. The highest BCUT2D eigenvalue weighted by molar-refractivity contribution is 8.77. The van der Waals surface area contributed by atoms with Crippen LogP contribution in [0.25, 0.3) is 0 Å². The van der Waals surface area contributed by atoms with Gasteiger partial charge in [-0.3, -0.25) is 9.79 Å². The van der Waals surface area contributed by atoms with Gasteiger partial charge in [-0.15, -0.1) is 0 Å². The maximum absolute atomic E-state index is 15.0. The predicted octanol–water partition coefficient (Wildman–Crippen LogP) is 6.60. The van der Waals surface area contributed by atoms with Crippen LogP contribution in [0.2, 0.25) is 0 Å². The molecule has 13 heteroatoms. The monoisotopic (exact) mass is 807 g/mol. The lowest BCUT2D eigenvalue weighted by atomic mass is 9.46. The second-order valence-corrected chi connectivity index (χ2v) is 24.1. The number of hydrogen-bond donors (Lipinski definition) is 5. The highest BCUT2D eigenvalue weighted by Gasteiger charge is 2.71. The number of nitrogens with two attached hydrogens (primary N) is 1. The molecule has 1 aromatic rings. The number of fused-ring (bicyclic) bond motifs is 4. The van der Waals surface area contributed by atoms with Crippen molar-refractivity contribution in [2.45, 2.75) is 69.8 Å². The number of guanidine groups is 1. The summed E-state index contributed by atoms with van der Waals surface area (Å²) in [6, 6.07) is 6.59. The van der Waals surface area contributed by atoms with Crippen molar-refractivity contribution in [3.8, 4) is 0 Å². The number of nitrogens with zero attached hydrogens (tertiary/aromatic N) is 1. The summed E-state index contributed by atoms with van der Waals surface area (Å²) in [5, 5.41) is 35.6. The van der Waals surface area contributed by atoms with Crippen LogP contribution in [0.15, 0.2) is 34.3 Å². The number of rotatable bonds is 4. The zero-order valence-corrected chi connectivity index (χ0v) is 34.4. The van der Waals surface area contributed by atoms with Gasteiger partial charge in [0, 0.05) is 77.9 Å². The number of Topliss-reactive ketones (excluding diaryl/α,β-unsaturated/α-hetero) is 1. The van der Waals surface area contributed by atoms with E-state index in [2.05, 4.69) is 30.4 Å². The number of aliphatic imine (C=N–C) groups is 1. The molecule has 7 nitrogen and oxygen atoms in total. The number of carbonyl (C=O) groups is 1.